The van der Waals surface area contributed by atoms with Crippen LogP contribution in [-0.4, -0.2) is 29.4 Å². The summed E-state index contributed by atoms with van der Waals surface area (Å²) in [7, 11) is 0. The molecular formula is C22H26N4O4S. The number of nitrogens with zero attached hydrogens (tertiary/aromatic N) is 2. The average molecular weight is 443 g/mol. The van der Waals surface area contributed by atoms with Gasteiger partial charge in [0.2, 0.25) is 0 Å². The zero-order valence-corrected chi connectivity index (χ0v) is 18.4. The summed E-state index contributed by atoms with van der Waals surface area (Å²) in [5, 5.41) is 18.4. The molecule has 0 radical (unpaired) electrons. The van der Waals surface area contributed by atoms with E-state index in [0.29, 0.717) is 36.2 Å². The molecule has 2 aromatic carbocycles. The van der Waals surface area contributed by atoms with Crippen LogP contribution >= 0.6 is 12.2 Å². The highest BCUT2D eigenvalue weighted by atomic mass is 32.1. The number of rotatable bonds is 11. The predicted molar refractivity (Wildman–Crippen MR) is 126 cm³/mol. The number of hydrazone groups is 1. The zero-order valence-electron chi connectivity index (χ0n) is 17.6. The predicted octanol–water partition coefficient (Wildman–Crippen LogP) is 4.12. The van der Waals surface area contributed by atoms with Crippen LogP contribution in [0.2, 0.25) is 0 Å². The molecule has 31 heavy (non-hydrogen) atoms. The number of nitro groups is 1. The van der Waals surface area contributed by atoms with Crippen molar-refractivity contribution < 1.29 is 14.4 Å². The van der Waals surface area contributed by atoms with Gasteiger partial charge in [-0.3, -0.25) is 15.5 Å². The molecule has 0 amide bonds. The van der Waals surface area contributed by atoms with Gasteiger partial charge in [-0.05, 0) is 67.9 Å². The second-order valence-electron chi connectivity index (χ2n) is 6.37. The summed E-state index contributed by atoms with van der Waals surface area (Å²) in [6, 6.07) is 10.0. The Labute approximate surface area is 187 Å². The van der Waals surface area contributed by atoms with Crippen LogP contribution in [0.4, 0.5) is 5.69 Å². The van der Waals surface area contributed by atoms with E-state index in [1.807, 2.05) is 26.0 Å². The Bertz CT molecular complexity index is 945. The zero-order chi connectivity index (χ0) is 22.6. The summed E-state index contributed by atoms with van der Waals surface area (Å²) in [5.74, 6) is 1.19. The fraction of sp³-hybridized carbons (Fsp3) is 0.273. The molecule has 0 fully saturated rings. The minimum absolute atomic E-state index is 0.0389. The lowest BCUT2D eigenvalue weighted by molar-refractivity contribution is -0.384. The Morgan fingerprint density at radius 2 is 2.00 bits per heavy atom. The minimum atomic E-state index is -0.430. The van der Waals surface area contributed by atoms with Crippen LogP contribution in [0.3, 0.4) is 0 Å². The average Bonchev–Trinajstić information content (AvgIpc) is 2.74. The molecule has 0 aliphatic carbocycles. The Kier molecular flexibility index (Phi) is 9.44. The second-order valence-corrected chi connectivity index (χ2v) is 6.78. The van der Waals surface area contributed by atoms with Crippen molar-refractivity contribution in [1.29, 1.82) is 0 Å². The third kappa shape index (κ3) is 7.38. The molecule has 0 aliphatic rings. The standard InChI is InChI=1S/C22H26N4O4S/c1-4-7-18-12-17(14-24-25-22(31)23-5-2)13-20(29-6-3)21(18)30-15-16-8-10-19(11-9-16)26(27)28/h4,8-14H,1,5-7,15H2,2-3H3,(H2,23,25,31)/b24-14-. The lowest BCUT2D eigenvalue weighted by atomic mass is 10.1. The normalized spacial score (nSPS) is 10.5. The topological polar surface area (TPSA) is 98.0 Å². The molecule has 0 aromatic heterocycles. The van der Waals surface area contributed by atoms with Crippen LogP contribution in [0.15, 0.2) is 54.2 Å². The maximum atomic E-state index is 10.8. The van der Waals surface area contributed by atoms with E-state index >= 15 is 0 Å². The van der Waals surface area contributed by atoms with Crippen LogP contribution in [0.1, 0.15) is 30.5 Å². The summed E-state index contributed by atoms with van der Waals surface area (Å²) in [6.07, 6.45) is 4.00. The lowest BCUT2D eigenvalue weighted by Gasteiger charge is -2.17. The Morgan fingerprint density at radius 1 is 1.26 bits per heavy atom. The molecule has 2 rings (SSSR count). The van der Waals surface area contributed by atoms with Crippen molar-refractivity contribution in [3.05, 3.63) is 75.9 Å². The van der Waals surface area contributed by atoms with Crippen molar-refractivity contribution in [3.8, 4) is 11.5 Å². The molecule has 0 bridgehead atoms. The molecule has 2 N–H and O–H groups in total. The molecule has 0 atom stereocenters. The molecule has 164 valence electrons. The van der Waals surface area contributed by atoms with Gasteiger partial charge >= 0.3 is 0 Å². The highest BCUT2D eigenvalue weighted by Crippen LogP contribution is 2.34. The van der Waals surface area contributed by atoms with Gasteiger partial charge in [0.1, 0.15) is 6.61 Å². The smallest absolute Gasteiger partial charge is 0.269 e. The first kappa shape index (κ1) is 23.8. The first-order valence-electron chi connectivity index (χ1n) is 9.82. The number of ether oxygens (including phenoxy) is 2. The number of thiocarbonyl (C=S) groups is 1. The maximum Gasteiger partial charge on any atom is 0.269 e. The minimum Gasteiger partial charge on any atom is -0.490 e. The van der Waals surface area contributed by atoms with E-state index in [4.69, 9.17) is 21.7 Å². The van der Waals surface area contributed by atoms with Crippen molar-refractivity contribution >= 4 is 29.2 Å². The van der Waals surface area contributed by atoms with Gasteiger partial charge in [-0.2, -0.15) is 5.10 Å². The summed E-state index contributed by atoms with van der Waals surface area (Å²) in [6.45, 7) is 9.08. The molecule has 8 nitrogen and oxygen atoms in total. The van der Waals surface area contributed by atoms with Crippen molar-refractivity contribution in [2.75, 3.05) is 13.2 Å². The fourth-order valence-electron chi connectivity index (χ4n) is 2.73. The molecular weight excluding hydrogens is 416 g/mol. The number of nitrogens with one attached hydrogen (secondary N) is 2. The van der Waals surface area contributed by atoms with Crippen LogP contribution in [-0.2, 0) is 13.0 Å². The van der Waals surface area contributed by atoms with Crippen LogP contribution in [0.5, 0.6) is 11.5 Å². The SMILES string of the molecule is C=CCc1cc(/C=N\NC(=S)NCC)cc(OCC)c1OCc1ccc([N+](=O)[O-])cc1. The molecule has 0 saturated heterocycles. The van der Waals surface area contributed by atoms with Crippen molar-refractivity contribution in [1.82, 2.24) is 10.7 Å². The molecule has 0 unspecified atom stereocenters. The lowest BCUT2D eigenvalue weighted by Crippen LogP contribution is -2.31. The van der Waals surface area contributed by atoms with Gasteiger partial charge in [0, 0.05) is 24.2 Å². The van der Waals surface area contributed by atoms with E-state index in [1.165, 1.54) is 12.1 Å². The Hall–Kier alpha value is -3.46. The van der Waals surface area contributed by atoms with Crippen molar-refractivity contribution in [2.24, 2.45) is 5.10 Å². The van der Waals surface area contributed by atoms with Gasteiger partial charge in [-0.15, -0.1) is 6.58 Å². The summed E-state index contributed by atoms with van der Waals surface area (Å²) in [4.78, 5) is 10.4. The van der Waals surface area contributed by atoms with Gasteiger partial charge in [-0.1, -0.05) is 6.08 Å². The highest BCUT2D eigenvalue weighted by molar-refractivity contribution is 7.80. The third-order valence-electron chi connectivity index (χ3n) is 4.07. The van der Waals surface area contributed by atoms with Gasteiger partial charge in [0.05, 0.1) is 17.7 Å². The van der Waals surface area contributed by atoms with E-state index in [2.05, 4.69) is 22.4 Å². The highest BCUT2D eigenvalue weighted by Gasteiger charge is 2.14. The molecule has 0 spiro atoms. The summed E-state index contributed by atoms with van der Waals surface area (Å²) >= 11 is 5.10. The van der Waals surface area contributed by atoms with E-state index in [1.54, 1.807) is 24.4 Å². The van der Waals surface area contributed by atoms with Crippen molar-refractivity contribution in [2.45, 2.75) is 26.9 Å². The molecule has 2 aromatic rings. The number of benzene rings is 2. The molecule has 0 saturated carbocycles. The van der Waals surface area contributed by atoms with E-state index < -0.39 is 4.92 Å². The second kappa shape index (κ2) is 12.3. The molecule has 9 heteroatoms. The fourth-order valence-corrected chi connectivity index (χ4v) is 2.92. The van der Waals surface area contributed by atoms with Crippen molar-refractivity contribution in [3.63, 3.8) is 0 Å². The van der Waals surface area contributed by atoms with Crippen LogP contribution < -0.4 is 20.2 Å². The number of allylic oxidation sites excluding steroid dienone is 1. The summed E-state index contributed by atoms with van der Waals surface area (Å²) < 4.78 is 11.9. The number of hydrogen-bond acceptors (Lipinski definition) is 6. The largest absolute Gasteiger partial charge is 0.490 e. The first-order valence-corrected chi connectivity index (χ1v) is 10.2. The van der Waals surface area contributed by atoms with Gasteiger partial charge < -0.3 is 14.8 Å². The van der Waals surface area contributed by atoms with Gasteiger partial charge in [0.15, 0.2) is 16.6 Å². The number of nitro benzene ring substituents is 1. The van der Waals surface area contributed by atoms with E-state index in [9.17, 15) is 10.1 Å². The summed E-state index contributed by atoms with van der Waals surface area (Å²) in [5.41, 5.74) is 5.31. The van der Waals surface area contributed by atoms with E-state index in [0.717, 1.165) is 16.7 Å². The van der Waals surface area contributed by atoms with E-state index in [-0.39, 0.29) is 12.3 Å². The molecule has 0 aliphatic heterocycles. The Balaban J connectivity index is 2.25. The molecule has 0 heterocycles. The maximum absolute atomic E-state index is 10.8. The van der Waals surface area contributed by atoms with Gasteiger partial charge in [0.25, 0.3) is 5.69 Å². The van der Waals surface area contributed by atoms with Gasteiger partial charge in [-0.25, -0.2) is 0 Å². The van der Waals surface area contributed by atoms with Crippen LogP contribution in [0, 0.1) is 10.1 Å². The quantitative estimate of drug-likeness (QED) is 0.178. The number of hydrogen-bond donors (Lipinski definition) is 2. The van der Waals surface area contributed by atoms with Crippen LogP contribution in [0.25, 0.3) is 0 Å². The Morgan fingerprint density at radius 3 is 2.61 bits per heavy atom. The first-order chi connectivity index (χ1) is 15.0. The number of non-ortho nitro benzene ring substituents is 1. The monoisotopic (exact) mass is 442 g/mol. The third-order valence-corrected chi connectivity index (χ3v) is 4.30.